The predicted octanol–water partition coefficient (Wildman–Crippen LogP) is 1.87. The molecule has 2 aliphatic rings. The Bertz CT molecular complexity index is 410. The maximum atomic E-state index is 4.40. The molecule has 4 heteroatoms. The summed E-state index contributed by atoms with van der Waals surface area (Å²) in [5.74, 6) is 0.937. The number of nitrogens with one attached hydrogen (secondary N) is 1. The summed E-state index contributed by atoms with van der Waals surface area (Å²) in [6, 6.07) is 1.41. The zero-order valence-electron chi connectivity index (χ0n) is 12.2. The van der Waals surface area contributed by atoms with Crippen molar-refractivity contribution < 1.29 is 0 Å². The number of rotatable bonds is 5. The van der Waals surface area contributed by atoms with Crippen LogP contribution in [0.15, 0.2) is 12.4 Å². The van der Waals surface area contributed by atoms with Gasteiger partial charge in [-0.2, -0.15) is 5.10 Å². The third-order valence-corrected chi connectivity index (χ3v) is 4.59. The molecule has 1 saturated carbocycles. The Morgan fingerprint density at radius 3 is 2.84 bits per heavy atom. The molecule has 1 aliphatic heterocycles. The molecule has 2 atom stereocenters. The van der Waals surface area contributed by atoms with Crippen LogP contribution in [0.25, 0.3) is 0 Å². The largest absolute Gasteiger partial charge is 0.311 e. The fourth-order valence-corrected chi connectivity index (χ4v) is 3.20. The Morgan fingerprint density at radius 1 is 1.37 bits per heavy atom. The minimum Gasteiger partial charge on any atom is -0.311 e. The number of hydrogen-bond acceptors (Lipinski definition) is 3. The van der Waals surface area contributed by atoms with E-state index in [4.69, 9.17) is 0 Å². The highest BCUT2D eigenvalue weighted by Crippen LogP contribution is 2.36. The average molecular weight is 262 g/mol. The summed E-state index contributed by atoms with van der Waals surface area (Å²) in [5, 5.41) is 8.11. The molecule has 0 aromatic carbocycles. The molecule has 19 heavy (non-hydrogen) atoms. The molecule has 0 spiro atoms. The van der Waals surface area contributed by atoms with Crippen LogP contribution >= 0.6 is 0 Å². The molecule has 4 nitrogen and oxygen atoms in total. The zero-order valence-corrected chi connectivity index (χ0v) is 12.2. The second-order valence-electron chi connectivity index (χ2n) is 6.05. The van der Waals surface area contributed by atoms with Crippen LogP contribution in [0.2, 0.25) is 0 Å². The lowest BCUT2D eigenvalue weighted by molar-refractivity contribution is 0.106. The number of aryl methyl sites for hydroxylation is 1. The first-order valence-electron chi connectivity index (χ1n) is 7.79. The van der Waals surface area contributed by atoms with Crippen LogP contribution in [0.4, 0.5) is 0 Å². The number of hydrogen-bond donors (Lipinski definition) is 1. The highest BCUT2D eigenvalue weighted by molar-refractivity contribution is 5.06. The Balaban J connectivity index is 1.67. The summed E-state index contributed by atoms with van der Waals surface area (Å²) in [7, 11) is 0. The van der Waals surface area contributed by atoms with Crippen molar-refractivity contribution in [1.82, 2.24) is 20.0 Å². The normalized spacial score (nSPS) is 28.7. The van der Waals surface area contributed by atoms with Gasteiger partial charge in [-0.3, -0.25) is 9.58 Å². The highest BCUT2D eigenvalue weighted by atomic mass is 15.3. The quantitative estimate of drug-likeness (QED) is 0.879. The lowest BCUT2D eigenvalue weighted by atomic mass is 10.0. The third kappa shape index (κ3) is 3.00. The molecular formula is C15H26N4. The number of nitrogens with zero attached hydrogens (tertiary/aromatic N) is 3. The Hall–Kier alpha value is -0.870. The van der Waals surface area contributed by atoms with E-state index >= 15 is 0 Å². The van der Waals surface area contributed by atoms with Gasteiger partial charge in [-0.1, -0.05) is 6.92 Å². The first-order chi connectivity index (χ1) is 9.30. The standard InChI is InChI=1S/C15H26N4/c1-3-14-11-18(15(8-16-14)13-5-6-13)9-12-7-17-19(4-2)10-12/h7,10,13-16H,3-6,8-9,11H2,1-2H3. The van der Waals surface area contributed by atoms with Gasteiger partial charge in [0.25, 0.3) is 0 Å². The van der Waals surface area contributed by atoms with Gasteiger partial charge < -0.3 is 5.32 Å². The third-order valence-electron chi connectivity index (χ3n) is 4.59. The lowest BCUT2D eigenvalue weighted by Crippen LogP contribution is -2.56. The molecule has 2 fully saturated rings. The van der Waals surface area contributed by atoms with Crippen molar-refractivity contribution in [1.29, 1.82) is 0 Å². The van der Waals surface area contributed by atoms with Crippen LogP contribution in [-0.2, 0) is 13.1 Å². The van der Waals surface area contributed by atoms with Crippen molar-refractivity contribution in [3.63, 3.8) is 0 Å². The molecule has 0 bridgehead atoms. The van der Waals surface area contributed by atoms with Gasteiger partial charge in [0.2, 0.25) is 0 Å². The van der Waals surface area contributed by atoms with Gasteiger partial charge in [0.1, 0.15) is 0 Å². The van der Waals surface area contributed by atoms with Crippen LogP contribution in [0, 0.1) is 5.92 Å². The van der Waals surface area contributed by atoms with E-state index in [9.17, 15) is 0 Å². The van der Waals surface area contributed by atoms with Gasteiger partial charge in [-0.25, -0.2) is 0 Å². The minimum atomic E-state index is 0.663. The second-order valence-corrected chi connectivity index (χ2v) is 6.05. The Labute approximate surface area is 116 Å². The molecule has 1 saturated heterocycles. The summed E-state index contributed by atoms with van der Waals surface area (Å²) in [6.45, 7) is 8.81. The van der Waals surface area contributed by atoms with Gasteiger partial charge in [0, 0.05) is 50.0 Å². The van der Waals surface area contributed by atoms with E-state index in [-0.39, 0.29) is 0 Å². The summed E-state index contributed by atoms with van der Waals surface area (Å²) >= 11 is 0. The molecule has 1 aromatic rings. The molecule has 0 radical (unpaired) electrons. The SMILES string of the molecule is CCC1CN(Cc2cnn(CC)c2)C(C2CC2)CN1. The summed E-state index contributed by atoms with van der Waals surface area (Å²) in [4.78, 5) is 2.69. The van der Waals surface area contributed by atoms with E-state index in [1.807, 2.05) is 10.9 Å². The van der Waals surface area contributed by atoms with Crippen LogP contribution in [0.3, 0.4) is 0 Å². The number of aromatic nitrogens is 2. The van der Waals surface area contributed by atoms with Crippen molar-refractivity contribution >= 4 is 0 Å². The van der Waals surface area contributed by atoms with Gasteiger partial charge in [-0.05, 0) is 32.1 Å². The van der Waals surface area contributed by atoms with Crippen LogP contribution in [0.5, 0.6) is 0 Å². The first kappa shape index (κ1) is 13.1. The van der Waals surface area contributed by atoms with E-state index in [2.05, 4.69) is 35.4 Å². The Morgan fingerprint density at radius 2 is 2.21 bits per heavy atom. The number of piperazine rings is 1. The van der Waals surface area contributed by atoms with E-state index in [1.165, 1.54) is 37.9 Å². The van der Waals surface area contributed by atoms with E-state index in [1.54, 1.807) is 0 Å². The minimum absolute atomic E-state index is 0.663. The van der Waals surface area contributed by atoms with Crippen LogP contribution < -0.4 is 5.32 Å². The molecule has 106 valence electrons. The van der Waals surface area contributed by atoms with Gasteiger partial charge in [0.05, 0.1) is 6.20 Å². The van der Waals surface area contributed by atoms with Crippen LogP contribution in [0.1, 0.15) is 38.7 Å². The molecule has 1 aromatic heterocycles. The molecule has 1 N–H and O–H groups in total. The Kier molecular flexibility index (Phi) is 3.89. The molecular weight excluding hydrogens is 236 g/mol. The second kappa shape index (κ2) is 5.63. The van der Waals surface area contributed by atoms with E-state index < -0.39 is 0 Å². The predicted molar refractivity (Wildman–Crippen MR) is 76.9 cm³/mol. The van der Waals surface area contributed by atoms with Crippen molar-refractivity contribution in [2.75, 3.05) is 13.1 Å². The van der Waals surface area contributed by atoms with Crippen LogP contribution in [-0.4, -0.2) is 39.9 Å². The maximum Gasteiger partial charge on any atom is 0.0534 e. The maximum absolute atomic E-state index is 4.40. The molecule has 1 aliphatic carbocycles. The van der Waals surface area contributed by atoms with Crippen molar-refractivity contribution in [2.24, 2.45) is 5.92 Å². The van der Waals surface area contributed by atoms with Gasteiger partial charge in [0.15, 0.2) is 0 Å². The summed E-state index contributed by atoms with van der Waals surface area (Å²) in [6.07, 6.45) is 8.31. The lowest BCUT2D eigenvalue weighted by Gasteiger charge is -2.40. The van der Waals surface area contributed by atoms with Crippen molar-refractivity contribution in [3.05, 3.63) is 18.0 Å². The molecule has 2 unspecified atom stereocenters. The smallest absolute Gasteiger partial charge is 0.0534 e. The van der Waals surface area contributed by atoms with E-state index in [0.29, 0.717) is 6.04 Å². The van der Waals surface area contributed by atoms with Crippen molar-refractivity contribution in [3.8, 4) is 0 Å². The molecule has 2 heterocycles. The molecule has 3 rings (SSSR count). The highest BCUT2D eigenvalue weighted by Gasteiger charge is 2.38. The fourth-order valence-electron chi connectivity index (χ4n) is 3.20. The monoisotopic (exact) mass is 262 g/mol. The first-order valence-corrected chi connectivity index (χ1v) is 7.79. The van der Waals surface area contributed by atoms with Crippen molar-refractivity contribution in [2.45, 2.75) is 58.3 Å². The van der Waals surface area contributed by atoms with Gasteiger partial charge >= 0.3 is 0 Å². The van der Waals surface area contributed by atoms with Gasteiger partial charge in [-0.15, -0.1) is 0 Å². The summed E-state index contributed by atoms with van der Waals surface area (Å²) in [5.41, 5.74) is 1.37. The average Bonchev–Trinajstić information content (AvgIpc) is 3.18. The van der Waals surface area contributed by atoms with E-state index in [0.717, 1.165) is 25.0 Å². The summed E-state index contributed by atoms with van der Waals surface area (Å²) < 4.78 is 2.03. The zero-order chi connectivity index (χ0) is 13.2. The fraction of sp³-hybridized carbons (Fsp3) is 0.800. The molecule has 0 amide bonds. The topological polar surface area (TPSA) is 33.1 Å².